The second kappa shape index (κ2) is 8.80. The topological polar surface area (TPSA) is 51.7 Å². The van der Waals surface area contributed by atoms with Gasteiger partial charge in [0.05, 0.1) is 22.8 Å². The van der Waals surface area contributed by atoms with Crippen molar-refractivity contribution >= 4 is 39.1 Å². The molecule has 146 valence electrons. The Morgan fingerprint density at radius 3 is 2.68 bits per heavy atom. The van der Waals surface area contributed by atoms with Crippen LogP contribution in [-0.4, -0.2) is 41.6 Å². The maximum atomic E-state index is 12.4. The van der Waals surface area contributed by atoms with Gasteiger partial charge >= 0.3 is 0 Å². The highest BCUT2D eigenvalue weighted by Crippen LogP contribution is 2.33. The third-order valence-electron chi connectivity index (χ3n) is 4.74. The second-order valence-electron chi connectivity index (χ2n) is 6.68. The molecule has 1 fully saturated rings. The Morgan fingerprint density at radius 1 is 1.14 bits per heavy atom. The minimum Gasteiger partial charge on any atom is -0.493 e. The van der Waals surface area contributed by atoms with Crippen LogP contribution in [0.3, 0.4) is 0 Å². The van der Waals surface area contributed by atoms with E-state index in [-0.39, 0.29) is 12.0 Å². The van der Waals surface area contributed by atoms with Gasteiger partial charge in [-0.15, -0.1) is 0 Å². The lowest BCUT2D eigenvalue weighted by molar-refractivity contribution is -0.133. The standard InChI is InChI=1S/C21H21ClN2O3S/c22-17-7-4-8-18-20(17)23-21(28-18)27-16-9-12-24(13-10-16)19(25)11-14-26-15-5-2-1-3-6-15/h1-8,16H,9-14H2. The van der Waals surface area contributed by atoms with E-state index in [1.54, 1.807) is 0 Å². The van der Waals surface area contributed by atoms with Gasteiger partial charge in [-0.2, -0.15) is 0 Å². The summed E-state index contributed by atoms with van der Waals surface area (Å²) in [7, 11) is 0. The lowest BCUT2D eigenvalue weighted by atomic mass is 10.1. The van der Waals surface area contributed by atoms with Crippen LogP contribution in [0.15, 0.2) is 48.5 Å². The van der Waals surface area contributed by atoms with E-state index in [0.29, 0.717) is 36.3 Å². The number of nitrogens with zero attached hydrogens (tertiary/aromatic N) is 2. The zero-order chi connectivity index (χ0) is 19.3. The van der Waals surface area contributed by atoms with Crippen molar-refractivity contribution in [3.63, 3.8) is 0 Å². The van der Waals surface area contributed by atoms with Crippen LogP contribution in [0.4, 0.5) is 0 Å². The first kappa shape index (κ1) is 19.0. The van der Waals surface area contributed by atoms with Crippen molar-refractivity contribution < 1.29 is 14.3 Å². The lowest BCUT2D eigenvalue weighted by Crippen LogP contribution is -2.42. The van der Waals surface area contributed by atoms with E-state index >= 15 is 0 Å². The summed E-state index contributed by atoms with van der Waals surface area (Å²) in [6, 6.07) is 15.3. The third kappa shape index (κ3) is 4.56. The highest BCUT2D eigenvalue weighted by molar-refractivity contribution is 7.20. The number of fused-ring (bicyclic) bond motifs is 1. The molecule has 2 aromatic carbocycles. The largest absolute Gasteiger partial charge is 0.493 e. The zero-order valence-electron chi connectivity index (χ0n) is 15.3. The number of para-hydroxylation sites is 2. The van der Waals surface area contributed by atoms with Gasteiger partial charge in [-0.25, -0.2) is 4.98 Å². The minimum atomic E-state index is 0.0731. The first-order chi connectivity index (χ1) is 13.7. The summed E-state index contributed by atoms with van der Waals surface area (Å²) < 4.78 is 12.7. The van der Waals surface area contributed by atoms with Crippen LogP contribution in [0.25, 0.3) is 10.2 Å². The van der Waals surface area contributed by atoms with Gasteiger partial charge in [0.2, 0.25) is 5.91 Å². The summed E-state index contributed by atoms with van der Waals surface area (Å²) in [5.41, 5.74) is 0.787. The number of carbonyl (C=O) groups is 1. The summed E-state index contributed by atoms with van der Waals surface area (Å²) >= 11 is 7.69. The van der Waals surface area contributed by atoms with Gasteiger partial charge in [-0.05, 0) is 24.3 Å². The summed E-state index contributed by atoms with van der Waals surface area (Å²) in [6.45, 7) is 1.78. The van der Waals surface area contributed by atoms with Crippen molar-refractivity contribution in [3.8, 4) is 10.9 Å². The summed E-state index contributed by atoms with van der Waals surface area (Å²) in [5.74, 6) is 0.916. The number of carbonyl (C=O) groups excluding carboxylic acids is 1. The van der Waals surface area contributed by atoms with Crippen molar-refractivity contribution in [2.24, 2.45) is 0 Å². The molecule has 0 unspecified atom stereocenters. The molecule has 1 aliphatic heterocycles. The molecule has 1 aromatic heterocycles. The predicted molar refractivity (Wildman–Crippen MR) is 111 cm³/mol. The number of piperidine rings is 1. The van der Waals surface area contributed by atoms with E-state index in [1.165, 1.54) is 11.3 Å². The smallest absolute Gasteiger partial charge is 0.274 e. The van der Waals surface area contributed by atoms with Crippen LogP contribution in [0, 0.1) is 0 Å². The monoisotopic (exact) mass is 416 g/mol. The molecule has 0 atom stereocenters. The molecule has 4 rings (SSSR count). The fraction of sp³-hybridized carbons (Fsp3) is 0.333. The lowest BCUT2D eigenvalue weighted by Gasteiger charge is -2.31. The van der Waals surface area contributed by atoms with Crippen molar-refractivity contribution in [2.75, 3.05) is 19.7 Å². The number of halogens is 1. The molecule has 0 spiro atoms. The van der Waals surface area contributed by atoms with Crippen LogP contribution < -0.4 is 9.47 Å². The average molecular weight is 417 g/mol. The van der Waals surface area contributed by atoms with Gasteiger partial charge < -0.3 is 14.4 Å². The Labute approximate surface area is 172 Å². The molecule has 0 aliphatic carbocycles. The van der Waals surface area contributed by atoms with Crippen LogP contribution in [0.5, 0.6) is 10.9 Å². The molecule has 2 heterocycles. The Hall–Kier alpha value is -2.31. The molecule has 3 aromatic rings. The Balaban J connectivity index is 1.23. The highest BCUT2D eigenvalue weighted by Gasteiger charge is 2.24. The average Bonchev–Trinajstić information content (AvgIpc) is 3.13. The van der Waals surface area contributed by atoms with Gasteiger partial charge in [0.1, 0.15) is 17.4 Å². The van der Waals surface area contributed by atoms with Gasteiger partial charge in [0.15, 0.2) is 0 Å². The van der Waals surface area contributed by atoms with Gasteiger partial charge in [-0.1, -0.05) is 47.2 Å². The molecule has 0 radical (unpaired) electrons. The van der Waals surface area contributed by atoms with E-state index in [2.05, 4.69) is 4.98 Å². The van der Waals surface area contributed by atoms with Crippen LogP contribution in [-0.2, 0) is 4.79 Å². The molecular weight excluding hydrogens is 396 g/mol. The maximum Gasteiger partial charge on any atom is 0.274 e. The maximum absolute atomic E-state index is 12.4. The Kier molecular flexibility index (Phi) is 5.98. The van der Waals surface area contributed by atoms with Gasteiger partial charge in [0.25, 0.3) is 5.19 Å². The summed E-state index contributed by atoms with van der Waals surface area (Å²) in [5, 5.41) is 1.28. The quantitative estimate of drug-likeness (QED) is 0.579. The number of benzene rings is 2. The van der Waals surface area contributed by atoms with E-state index in [1.807, 2.05) is 53.4 Å². The first-order valence-corrected chi connectivity index (χ1v) is 10.6. The van der Waals surface area contributed by atoms with Crippen LogP contribution >= 0.6 is 22.9 Å². The van der Waals surface area contributed by atoms with E-state index in [0.717, 1.165) is 28.8 Å². The molecule has 0 bridgehead atoms. The molecule has 1 amide bonds. The molecular formula is C21H21ClN2O3S. The van der Waals surface area contributed by atoms with Crippen LogP contribution in [0.1, 0.15) is 19.3 Å². The molecule has 28 heavy (non-hydrogen) atoms. The molecule has 0 N–H and O–H groups in total. The van der Waals surface area contributed by atoms with Crippen molar-refractivity contribution in [2.45, 2.75) is 25.4 Å². The number of hydrogen-bond donors (Lipinski definition) is 0. The van der Waals surface area contributed by atoms with E-state index < -0.39 is 0 Å². The van der Waals surface area contributed by atoms with Gasteiger partial charge in [-0.3, -0.25) is 4.79 Å². The number of ether oxygens (including phenoxy) is 2. The number of aromatic nitrogens is 1. The number of hydrogen-bond acceptors (Lipinski definition) is 5. The van der Waals surface area contributed by atoms with E-state index in [9.17, 15) is 4.79 Å². The van der Waals surface area contributed by atoms with Crippen molar-refractivity contribution in [1.82, 2.24) is 9.88 Å². The number of thiazole rings is 1. The van der Waals surface area contributed by atoms with Crippen molar-refractivity contribution in [1.29, 1.82) is 0 Å². The summed E-state index contributed by atoms with van der Waals surface area (Å²) in [6.07, 6.45) is 2.06. The molecule has 5 nitrogen and oxygen atoms in total. The fourth-order valence-corrected chi connectivity index (χ4v) is 4.42. The summed E-state index contributed by atoms with van der Waals surface area (Å²) in [4.78, 5) is 18.8. The molecule has 1 aliphatic rings. The molecule has 7 heteroatoms. The Morgan fingerprint density at radius 2 is 1.93 bits per heavy atom. The molecule has 0 saturated carbocycles. The number of amides is 1. The SMILES string of the molecule is O=C(CCOc1ccccc1)N1CCC(Oc2nc3c(Cl)cccc3s2)CC1. The van der Waals surface area contributed by atoms with E-state index in [4.69, 9.17) is 21.1 Å². The second-order valence-corrected chi connectivity index (χ2v) is 8.08. The Bertz CT molecular complexity index is 939. The minimum absolute atomic E-state index is 0.0731. The highest BCUT2D eigenvalue weighted by atomic mass is 35.5. The number of likely N-dealkylation sites (tertiary alicyclic amines) is 1. The van der Waals surface area contributed by atoms with Gasteiger partial charge in [0, 0.05) is 25.9 Å². The zero-order valence-corrected chi connectivity index (χ0v) is 16.9. The van der Waals surface area contributed by atoms with Crippen molar-refractivity contribution in [3.05, 3.63) is 53.6 Å². The third-order valence-corrected chi connectivity index (χ3v) is 5.96. The van der Waals surface area contributed by atoms with Crippen LogP contribution in [0.2, 0.25) is 5.02 Å². The number of rotatable bonds is 6. The normalized spacial score (nSPS) is 15.0. The first-order valence-electron chi connectivity index (χ1n) is 9.36. The predicted octanol–water partition coefficient (Wildman–Crippen LogP) is 4.79. The molecule has 1 saturated heterocycles. The fourth-order valence-electron chi connectivity index (χ4n) is 3.24.